The Kier molecular flexibility index (Phi) is 7.51. The first-order chi connectivity index (χ1) is 16.1. The number of benzene rings is 3. The molecule has 3 aromatic rings. The predicted octanol–water partition coefficient (Wildman–Crippen LogP) is 5.71. The van der Waals surface area contributed by atoms with Crippen LogP contribution in [0.25, 0.3) is 0 Å². The molecule has 0 atom stereocenters. The Hall–Kier alpha value is -3.93. The molecule has 176 valence electrons. The lowest BCUT2D eigenvalue weighted by Gasteiger charge is -2.16. The molecule has 0 aromatic heterocycles. The highest BCUT2D eigenvalue weighted by molar-refractivity contribution is 5.97. The number of carboxylic acids is 2. The lowest BCUT2D eigenvalue weighted by Crippen LogP contribution is -2.10. The van der Waals surface area contributed by atoms with Gasteiger partial charge in [-0.05, 0) is 78.4 Å². The van der Waals surface area contributed by atoms with E-state index in [1.165, 1.54) is 12.1 Å². The maximum absolute atomic E-state index is 12.3. The van der Waals surface area contributed by atoms with Crippen LogP contribution in [-0.2, 0) is 13.0 Å². The molecule has 0 fully saturated rings. The molecule has 0 bridgehead atoms. The van der Waals surface area contributed by atoms with Crippen molar-refractivity contribution in [2.24, 2.45) is 5.92 Å². The molecule has 0 spiro atoms. The van der Waals surface area contributed by atoms with Crippen molar-refractivity contribution >= 4 is 17.7 Å². The largest absolute Gasteiger partial charge is 0.489 e. The molecule has 0 aliphatic heterocycles. The summed E-state index contributed by atoms with van der Waals surface area (Å²) in [6.07, 6.45) is 0.322. The second-order valence-corrected chi connectivity index (χ2v) is 8.66. The average molecular weight is 461 g/mol. The normalized spacial score (nSPS) is 10.9. The molecule has 0 heterocycles. The summed E-state index contributed by atoms with van der Waals surface area (Å²) < 4.78 is 6.10. The van der Waals surface area contributed by atoms with E-state index in [1.807, 2.05) is 52.0 Å². The van der Waals surface area contributed by atoms with Crippen LogP contribution in [0.5, 0.6) is 5.75 Å². The Morgan fingerprint density at radius 2 is 1.53 bits per heavy atom. The van der Waals surface area contributed by atoms with Gasteiger partial charge in [0.15, 0.2) is 5.78 Å². The van der Waals surface area contributed by atoms with Crippen LogP contribution in [0.2, 0.25) is 0 Å². The topological polar surface area (TPSA) is 101 Å². The molecule has 2 N–H and O–H groups in total. The Morgan fingerprint density at radius 3 is 2.15 bits per heavy atom. The summed E-state index contributed by atoms with van der Waals surface area (Å²) in [5.74, 6) is -1.67. The summed E-state index contributed by atoms with van der Waals surface area (Å²) >= 11 is 0. The van der Waals surface area contributed by atoms with Gasteiger partial charge in [0.2, 0.25) is 0 Å². The fourth-order valence-corrected chi connectivity index (χ4v) is 3.85. The first-order valence-corrected chi connectivity index (χ1v) is 11.0. The van der Waals surface area contributed by atoms with Gasteiger partial charge in [-0.25, -0.2) is 9.59 Å². The SMILES string of the molecule is Cc1cc(C(=O)C(C)C)ccc1OCc1c(C)cccc1Cc1ccc(C(=O)O)cc1C(=O)O. The smallest absolute Gasteiger partial charge is 0.336 e. The van der Waals surface area contributed by atoms with E-state index in [0.717, 1.165) is 22.3 Å². The number of carbonyl (C=O) groups excluding carboxylic acids is 1. The van der Waals surface area contributed by atoms with Crippen molar-refractivity contribution < 1.29 is 29.3 Å². The number of Topliss-reactive ketones (excluding diaryl/α,β-unsaturated/α-hetero) is 1. The quantitative estimate of drug-likeness (QED) is 0.397. The van der Waals surface area contributed by atoms with Crippen molar-refractivity contribution in [2.45, 2.75) is 40.7 Å². The van der Waals surface area contributed by atoms with Crippen molar-refractivity contribution in [3.63, 3.8) is 0 Å². The van der Waals surface area contributed by atoms with Crippen molar-refractivity contribution in [1.82, 2.24) is 0 Å². The van der Waals surface area contributed by atoms with Crippen LogP contribution in [0.15, 0.2) is 54.6 Å². The van der Waals surface area contributed by atoms with Gasteiger partial charge >= 0.3 is 11.9 Å². The van der Waals surface area contributed by atoms with Gasteiger partial charge in [-0.2, -0.15) is 0 Å². The Balaban J connectivity index is 1.87. The highest BCUT2D eigenvalue weighted by Gasteiger charge is 2.17. The van der Waals surface area contributed by atoms with E-state index >= 15 is 0 Å². The first-order valence-electron chi connectivity index (χ1n) is 11.0. The number of ether oxygens (including phenoxy) is 1. The molecule has 34 heavy (non-hydrogen) atoms. The zero-order valence-electron chi connectivity index (χ0n) is 19.7. The number of carbonyl (C=O) groups is 3. The zero-order chi connectivity index (χ0) is 25.0. The van der Waals surface area contributed by atoms with Gasteiger partial charge in [0, 0.05) is 11.5 Å². The zero-order valence-corrected chi connectivity index (χ0v) is 19.7. The molecule has 6 nitrogen and oxygen atoms in total. The fourth-order valence-electron chi connectivity index (χ4n) is 3.85. The fraction of sp³-hybridized carbons (Fsp3) is 0.250. The van der Waals surface area contributed by atoms with Crippen LogP contribution in [0.4, 0.5) is 0 Å². The van der Waals surface area contributed by atoms with Crippen LogP contribution in [0.3, 0.4) is 0 Å². The number of hydrogen-bond donors (Lipinski definition) is 2. The standard InChI is InChI=1S/C28H28O6/c1-16(2)26(29)21-10-11-25(18(4)12-21)34-15-24-17(3)6-5-7-19(24)13-20-8-9-22(27(30)31)14-23(20)28(32)33/h5-12,14,16H,13,15H2,1-4H3,(H,30,31)(H,32,33). The summed E-state index contributed by atoms with van der Waals surface area (Å²) in [6, 6.07) is 15.3. The van der Waals surface area contributed by atoms with Gasteiger partial charge in [0.05, 0.1) is 11.1 Å². The number of ketones is 1. The Morgan fingerprint density at radius 1 is 0.824 bits per heavy atom. The lowest BCUT2D eigenvalue weighted by molar-refractivity contribution is 0.0695. The van der Waals surface area contributed by atoms with Gasteiger partial charge in [0.1, 0.15) is 12.4 Å². The molecule has 0 amide bonds. The average Bonchev–Trinajstić information content (AvgIpc) is 2.78. The van der Waals surface area contributed by atoms with Crippen molar-refractivity contribution in [3.05, 3.63) is 99.1 Å². The summed E-state index contributed by atoms with van der Waals surface area (Å²) in [6.45, 7) is 7.87. The predicted molar refractivity (Wildman–Crippen MR) is 129 cm³/mol. The van der Waals surface area contributed by atoms with Crippen molar-refractivity contribution in [1.29, 1.82) is 0 Å². The summed E-state index contributed by atoms with van der Waals surface area (Å²) in [4.78, 5) is 35.3. The summed E-state index contributed by atoms with van der Waals surface area (Å²) in [5.41, 5.74) is 4.77. The molecule has 0 saturated carbocycles. The van der Waals surface area contributed by atoms with Crippen LogP contribution in [0.1, 0.15) is 72.7 Å². The van der Waals surface area contributed by atoms with Crippen molar-refractivity contribution in [2.75, 3.05) is 0 Å². The van der Waals surface area contributed by atoms with Gasteiger partial charge in [-0.1, -0.05) is 38.1 Å². The van der Waals surface area contributed by atoms with E-state index in [0.29, 0.717) is 23.3 Å². The molecule has 0 saturated heterocycles. The van der Waals surface area contributed by atoms with Crippen molar-refractivity contribution in [3.8, 4) is 5.75 Å². The maximum Gasteiger partial charge on any atom is 0.336 e. The first kappa shape index (κ1) is 24.7. The molecule has 6 heteroatoms. The van der Waals surface area contributed by atoms with Crippen LogP contribution in [0, 0.1) is 19.8 Å². The second-order valence-electron chi connectivity index (χ2n) is 8.66. The summed E-state index contributed by atoms with van der Waals surface area (Å²) in [5, 5.41) is 18.8. The third kappa shape index (κ3) is 5.52. The Bertz CT molecular complexity index is 1260. The van der Waals surface area contributed by atoms with E-state index in [2.05, 4.69) is 0 Å². The third-order valence-electron chi connectivity index (χ3n) is 5.83. The Labute approximate surface area is 198 Å². The second kappa shape index (κ2) is 10.3. The molecule has 0 radical (unpaired) electrons. The highest BCUT2D eigenvalue weighted by atomic mass is 16.5. The van der Waals surface area contributed by atoms with E-state index < -0.39 is 11.9 Å². The van der Waals surface area contributed by atoms with E-state index in [1.54, 1.807) is 18.2 Å². The highest BCUT2D eigenvalue weighted by Crippen LogP contribution is 2.26. The van der Waals surface area contributed by atoms with E-state index in [9.17, 15) is 24.6 Å². The van der Waals surface area contributed by atoms with E-state index in [-0.39, 0.29) is 29.4 Å². The minimum atomic E-state index is -1.17. The minimum absolute atomic E-state index is 0.0328. The van der Waals surface area contributed by atoms with Gasteiger partial charge < -0.3 is 14.9 Å². The number of rotatable bonds is 9. The van der Waals surface area contributed by atoms with Gasteiger partial charge in [-0.15, -0.1) is 0 Å². The number of aromatic carboxylic acids is 2. The van der Waals surface area contributed by atoms with Crippen LogP contribution in [-0.4, -0.2) is 27.9 Å². The lowest BCUT2D eigenvalue weighted by atomic mass is 9.93. The van der Waals surface area contributed by atoms with E-state index in [4.69, 9.17) is 4.74 Å². The third-order valence-corrected chi connectivity index (χ3v) is 5.83. The summed E-state index contributed by atoms with van der Waals surface area (Å²) in [7, 11) is 0. The molecule has 0 aliphatic rings. The molecule has 3 rings (SSSR count). The monoisotopic (exact) mass is 460 g/mol. The number of aryl methyl sites for hydroxylation is 2. The van der Waals surface area contributed by atoms with Crippen LogP contribution >= 0.6 is 0 Å². The van der Waals surface area contributed by atoms with Crippen LogP contribution < -0.4 is 4.74 Å². The molecule has 0 aliphatic carbocycles. The molecule has 3 aromatic carbocycles. The van der Waals surface area contributed by atoms with Gasteiger partial charge in [0.25, 0.3) is 0 Å². The number of carboxylic acid groups (broad SMARTS) is 2. The molecule has 0 unspecified atom stereocenters. The maximum atomic E-state index is 12.3. The number of hydrogen-bond acceptors (Lipinski definition) is 4. The molecular formula is C28H28O6. The van der Waals surface area contributed by atoms with Gasteiger partial charge in [-0.3, -0.25) is 4.79 Å². The molecular weight excluding hydrogens is 432 g/mol. The minimum Gasteiger partial charge on any atom is -0.489 e.